The summed E-state index contributed by atoms with van der Waals surface area (Å²) in [4.78, 5) is 12.1. The maximum Gasteiger partial charge on any atom is 0.224 e. The van der Waals surface area contributed by atoms with Crippen LogP contribution in [0.2, 0.25) is 0 Å². The Bertz CT molecular complexity index is 505. The van der Waals surface area contributed by atoms with Crippen LogP contribution in [0.4, 0.5) is 5.69 Å². The fourth-order valence-corrected chi connectivity index (χ4v) is 2.87. The van der Waals surface area contributed by atoms with Crippen LogP contribution in [-0.4, -0.2) is 32.3 Å². The SMILES string of the molecule is COCCOc1ccc(NC(=O)C[C@@H]2CCC[C@H]2N)c(C)c1. The Balaban J connectivity index is 1.87. The Morgan fingerprint density at radius 2 is 2.18 bits per heavy atom. The van der Waals surface area contributed by atoms with Crippen molar-refractivity contribution in [3.8, 4) is 5.75 Å². The molecule has 1 aromatic rings. The van der Waals surface area contributed by atoms with Gasteiger partial charge in [0.25, 0.3) is 0 Å². The van der Waals surface area contributed by atoms with E-state index in [2.05, 4.69) is 5.32 Å². The van der Waals surface area contributed by atoms with Crippen molar-refractivity contribution in [1.29, 1.82) is 0 Å². The standard InChI is InChI=1S/C17H26N2O3/c1-12-10-14(22-9-8-21-2)6-7-16(12)19-17(20)11-13-4-3-5-15(13)18/h6-7,10,13,15H,3-5,8-9,11,18H2,1-2H3,(H,19,20)/t13-,15+/m0/s1. The minimum Gasteiger partial charge on any atom is -0.491 e. The van der Waals surface area contributed by atoms with E-state index in [9.17, 15) is 4.79 Å². The van der Waals surface area contributed by atoms with E-state index in [1.807, 2.05) is 25.1 Å². The third-order valence-electron chi connectivity index (χ3n) is 4.19. The Morgan fingerprint density at radius 1 is 1.36 bits per heavy atom. The molecule has 2 rings (SSSR count). The molecule has 1 aliphatic carbocycles. The van der Waals surface area contributed by atoms with Crippen molar-refractivity contribution in [2.24, 2.45) is 11.7 Å². The molecule has 1 fully saturated rings. The number of carbonyl (C=O) groups is 1. The van der Waals surface area contributed by atoms with E-state index in [0.29, 0.717) is 25.6 Å². The van der Waals surface area contributed by atoms with Crippen LogP contribution in [0.1, 0.15) is 31.2 Å². The lowest BCUT2D eigenvalue weighted by atomic mass is 10.00. The van der Waals surface area contributed by atoms with E-state index in [1.165, 1.54) is 0 Å². The number of hydrogen-bond acceptors (Lipinski definition) is 4. The lowest BCUT2D eigenvalue weighted by Crippen LogP contribution is -2.28. The molecule has 0 radical (unpaired) electrons. The molecule has 0 aromatic heterocycles. The van der Waals surface area contributed by atoms with Gasteiger partial charge in [0, 0.05) is 25.3 Å². The number of anilines is 1. The molecule has 22 heavy (non-hydrogen) atoms. The van der Waals surface area contributed by atoms with Crippen LogP contribution in [0.15, 0.2) is 18.2 Å². The number of nitrogens with two attached hydrogens (primary N) is 1. The molecule has 2 atom stereocenters. The number of methoxy groups -OCH3 is 1. The Morgan fingerprint density at radius 3 is 2.82 bits per heavy atom. The Labute approximate surface area is 132 Å². The largest absolute Gasteiger partial charge is 0.491 e. The molecule has 3 N–H and O–H groups in total. The zero-order chi connectivity index (χ0) is 15.9. The lowest BCUT2D eigenvalue weighted by molar-refractivity contribution is -0.117. The second kappa shape index (κ2) is 8.15. The molecule has 122 valence electrons. The maximum atomic E-state index is 12.1. The van der Waals surface area contributed by atoms with E-state index < -0.39 is 0 Å². The first-order valence-corrected chi connectivity index (χ1v) is 7.88. The van der Waals surface area contributed by atoms with Crippen LogP contribution >= 0.6 is 0 Å². The third kappa shape index (κ3) is 4.71. The van der Waals surface area contributed by atoms with Gasteiger partial charge in [-0.2, -0.15) is 0 Å². The van der Waals surface area contributed by atoms with Crippen molar-refractivity contribution in [3.05, 3.63) is 23.8 Å². The second-order valence-electron chi connectivity index (χ2n) is 5.93. The van der Waals surface area contributed by atoms with Crippen LogP contribution in [0.5, 0.6) is 5.75 Å². The summed E-state index contributed by atoms with van der Waals surface area (Å²) in [5, 5.41) is 2.98. The quantitative estimate of drug-likeness (QED) is 0.759. The van der Waals surface area contributed by atoms with E-state index in [0.717, 1.165) is 36.3 Å². The summed E-state index contributed by atoms with van der Waals surface area (Å²) in [6.07, 6.45) is 3.72. The fourth-order valence-electron chi connectivity index (χ4n) is 2.87. The molecule has 5 nitrogen and oxygen atoms in total. The Hall–Kier alpha value is -1.59. The number of aryl methyl sites for hydroxylation is 1. The molecule has 1 aromatic carbocycles. The highest BCUT2D eigenvalue weighted by atomic mass is 16.5. The summed E-state index contributed by atoms with van der Waals surface area (Å²) >= 11 is 0. The van der Waals surface area contributed by atoms with Gasteiger partial charge in [-0.15, -0.1) is 0 Å². The third-order valence-corrected chi connectivity index (χ3v) is 4.19. The molecule has 5 heteroatoms. The lowest BCUT2D eigenvalue weighted by Gasteiger charge is -2.16. The molecule has 0 heterocycles. The van der Waals surface area contributed by atoms with Gasteiger partial charge in [-0.05, 0) is 49.4 Å². The monoisotopic (exact) mass is 306 g/mol. The molecule has 0 aliphatic heterocycles. The predicted octanol–water partition coefficient (Wildman–Crippen LogP) is 2.48. The zero-order valence-electron chi connectivity index (χ0n) is 13.4. The van der Waals surface area contributed by atoms with Gasteiger partial charge < -0.3 is 20.5 Å². The first-order valence-electron chi connectivity index (χ1n) is 7.88. The van der Waals surface area contributed by atoms with Crippen LogP contribution in [-0.2, 0) is 9.53 Å². The molecule has 1 amide bonds. The van der Waals surface area contributed by atoms with Gasteiger partial charge in [-0.3, -0.25) is 4.79 Å². The number of amides is 1. The average Bonchev–Trinajstić information content (AvgIpc) is 2.87. The highest BCUT2D eigenvalue weighted by Crippen LogP contribution is 2.28. The van der Waals surface area contributed by atoms with Crippen molar-refractivity contribution >= 4 is 11.6 Å². The van der Waals surface area contributed by atoms with Gasteiger partial charge >= 0.3 is 0 Å². The van der Waals surface area contributed by atoms with E-state index in [4.69, 9.17) is 15.2 Å². The van der Waals surface area contributed by atoms with Crippen molar-refractivity contribution in [3.63, 3.8) is 0 Å². The van der Waals surface area contributed by atoms with Crippen molar-refractivity contribution in [1.82, 2.24) is 0 Å². The van der Waals surface area contributed by atoms with Crippen LogP contribution < -0.4 is 15.8 Å². The normalized spacial score (nSPS) is 20.9. The molecular formula is C17H26N2O3. The van der Waals surface area contributed by atoms with Gasteiger partial charge in [0.2, 0.25) is 5.91 Å². The first kappa shape index (κ1) is 16.8. The highest BCUT2D eigenvalue weighted by Gasteiger charge is 2.26. The van der Waals surface area contributed by atoms with E-state index in [1.54, 1.807) is 7.11 Å². The molecule has 0 saturated heterocycles. The predicted molar refractivity (Wildman–Crippen MR) is 87.1 cm³/mol. The van der Waals surface area contributed by atoms with Crippen LogP contribution in [0.3, 0.4) is 0 Å². The number of rotatable bonds is 7. The molecular weight excluding hydrogens is 280 g/mol. The summed E-state index contributed by atoms with van der Waals surface area (Å²) in [6, 6.07) is 5.83. The maximum absolute atomic E-state index is 12.1. The van der Waals surface area contributed by atoms with Gasteiger partial charge in [0.05, 0.1) is 6.61 Å². The van der Waals surface area contributed by atoms with Crippen molar-refractivity contribution in [2.75, 3.05) is 25.6 Å². The molecule has 0 unspecified atom stereocenters. The van der Waals surface area contributed by atoms with Crippen molar-refractivity contribution < 1.29 is 14.3 Å². The van der Waals surface area contributed by atoms with Crippen LogP contribution in [0, 0.1) is 12.8 Å². The number of ether oxygens (including phenoxy) is 2. The smallest absolute Gasteiger partial charge is 0.224 e. The highest BCUT2D eigenvalue weighted by molar-refractivity contribution is 5.91. The molecule has 1 aliphatic rings. The Kier molecular flexibility index (Phi) is 6.21. The minimum absolute atomic E-state index is 0.0403. The topological polar surface area (TPSA) is 73.6 Å². The number of carbonyl (C=O) groups excluding carboxylic acids is 1. The molecule has 0 spiro atoms. The van der Waals surface area contributed by atoms with Crippen molar-refractivity contribution in [2.45, 2.75) is 38.6 Å². The van der Waals surface area contributed by atoms with Gasteiger partial charge in [0.15, 0.2) is 0 Å². The summed E-state index contributed by atoms with van der Waals surface area (Å²) in [6.45, 7) is 3.03. The summed E-state index contributed by atoms with van der Waals surface area (Å²) in [5.74, 6) is 1.14. The number of hydrogen-bond donors (Lipinski definition) is 2. The number of nitrogens with one attached hydrogen (secondary N) is 1. The van der Waals surface area contributed by atoms with Gasteiger partial charge in [0.1, 0.15) is 12.4 Å². The first-order chi connectivity index (χ1) is 10.6. The summed E-state index contributed by atoms with van der Waals surface area (Å²) < 4.78 is 10.5. The van der Waals surface area contributed by atoms with Gasteiger partial charge in [-0.1, -0.05) is 6.42 Å². The molecule has 1 saturated carbocycles. The zero-order valence-corrected chi connectivity index (χ0v) is 13.4. The summed E-state index contributed by atoms with van der Waals surface area (Å²) in [5.41, 5.74) is 7.84. The second-order valence-corrected chi connectivity index (χ2v) is 5.93. The average molecular weight is 306 g/mol. The van der Waals surface area contributed by atoms with Crippen LogP contribution in [0.25, 0.3) is 0 Å². The number of benzene rings is 1. The minimum atomic E-state index is 0.0403. The molecule has 0 bridgehead atoms. The fraction of sp³-hybridized carbons (Fsp3) is 0.588. The summed E-state index contributed by atoms with van der Waals surface area (Å²) in [7, 11) is 1.64. The van der Waals surface area contributed by atoms with Gasteiger partial charge in [-0.25, -0.2) is 0 Å². The van der Waals surface area contributed by atoms with E-state index in [-0.39, 0.29) is 11.9 Å². The van der Waals surface area contributed by atoms with E-state index >= 15 is 0 Å².